The first-order valence-corrected chi connectivity index (χ1v) is 5.14. The van der Waals surface area contributed by atoms with Crippen LogP contribution in [0.4, 0.5) is 9.59 Å². The largest absolute Gasteiger partial charge is 0.361 e. The molecule has 1 aromatic heterocycles. The van der Waals surface area contributed by atoms with Gasteiger partial charge in [0.2, 0.25) is 0 Å². The lowest BCUT2D eigenvalue weighted by Crippen LogP contribution is -2.20. The van der Waals surface area contributed by atoms with Crippen LogP contribution in [-0.4, -0.2) is 55.0 Å². The molecule has 0 spiro atoms. The molecule has 0 aliphatic heterocycles. The molecule has 0 saturated carbocycles. The molecule has 1 aromatic rings. The second kappa shape index (κ2) is 8.80. The number of carbonyl (C=O) groups excluding carboxylic acids is 2. The van der Waals surface area contributed by atoms with Gasteiger partial charge in [-0.25, -0.2) is 9.59 Å². The predicted molar refractivity (Wildman–Crippen MR) is 67.3 cm³/mol. The minimum absolute atomic E-state index is 0.551. The van der Waals surface area contributed by atoms with E-state index in [-0.39, 0.29) is 0 Å². The highest BCUT2D eigenvalue weighted by molar-refractivity contribution is 5.79. The first-order valence-electron chi connectivity index (χ1n) is 5.14. The Labute approximate surface area is 106 Å². The molecule has 0 bridgehead atoms. The molecule has 0 aliphatic carbocycles. The second-order valence-corrected chi connectivity index (χ2v) is 3.58. The molecular weight excluding hydrogens is 234 g/mol. The van der Waals surface area contributed by atoms with Crippen LogP contribution in [0, 0.1) is 0 Å². The van der Waals surface area contributed by atoms with Crippen LogP contribution in [0.5, 0.6) is 0 Å². The van der Waals surface area contributed by atoms with Crippen molar-refractivity contribution in [3.63, 3.8) is 0 Å². The number of nitrogens with zero attached hydrogens (tertiary/aromatic N) is 5. The highest BCUT2D eigenvalue weighted by atomic mass is 16.2. The minimum atomic E-state index is -0.551. The van der Waals surface area contributed by atoms with E-state index in [2.05, 4.69) is 15.2 Å². The van der Waals surface area contributed by atoms with E-state index in [1.165, 1.54) is 38.0 Å². The highest BCUT2D eigenvalue weighted by Crippen LogP contribution is 1.89. The van der Waals surface area contributed by atoms with Gasteiger partial charge in [0.05, 0.1) is 0 Å². The molecule has 0 radical (unpaired) electrons. The molecule has 0 N–H and O–H groups in total. The topological polar surface area (TPSA) is 78.2 Å². The molecule has 18 heavy (non-hydrogen) atoms. The van der Waals surface area contributed by atoms with Crippen molar-refractivity contribution in [1.82, 2.24) is 14.8 Å². The van der Waals surface area contributed by atoms with Gasteiger partial charge in [-0.1, -0.05) is 16.3 Å². The van der Waals surface area contributed by atoms with Gasteiger partial charge in [-0.15, -0.1) is 0 Å². The summed E-state index contributed by atoms with van der Waals surface area (Å²) < 4.78 is 0. The van der Waals surface area contributed by atoms with Crippen LogP contribution in [0.1, 0.15) is 0 Å². The Morgan fingerprint density at radius 1 is 0.833 bits per heavy atom. The van der Waals surface area contributed by atoms with Gasteiger partial charge in [0.15, 0.2) is 0 Å². The summed E-state index contributed by atoms with van der Waals surface area (Å²) in [6.45, 7) is 0. The number of rotatable bonds is 0. The van der Waals surface area contributed by atoms with Crippen LogP contribution in [0.3, 0.4) is 0 Å². The number of azo groups is 1. The van der Waals surface area contributed by atoms with Crippen molar-refractivity contribution in [2.45, 2.75) is 0 Å². The van der Waals surface area contributed by atoms with E-state index >= 15 is 0 Å². The van der Waals surface area contributed by atoms with Crippen molar-refractivity contribution in [2.24, 2.45) is 10.2 Å². The van der Waals surface area contributed by atoms with E-state index in [1.54, 1.807) is 12.4 Å². The molecule has 0 aromatic carbocycles. The molecule has 0 aliphatic rings. The zero-order valence-corrected chi connectivity index (χ0v) is 10.9. The summed E-state index contributed by atoms with van der Waals surface area (Å²) in [7, 11) is 6.12. The van der Waals surface area contributed by atoms with Crippen molar-refractivity contribution < 1.29 is 9.59 Å². The maximum absolute atomic E-state index is 10.8. The molecule has 0 fully saturated rings. The van der Waals surface area contributed by atoms with Crippen molar-refractivity contribution >= 4 is 12.1 Å². The highest BCUT2D eigenvalue weighted by Gasteiger charge is 2.03. The third-order valence-electron chi connectivity index (χ3n) is 1.55. The smallest absolute Gasteiger partial charge is 0.328 e. The fourth-order valence-corrected chi connectivity index (χ4v) is 0.577. The van der Waals surface area contributed by atoms with Crippen LogP contribution in [0.2, 0.25) is 0 Å². The summed E-state index contributed by atoms with van der Waals surface area (Å²) in [5.41, 5.74) is 0. The summed E-state index contributed by atoms with van der Waals surface area (Å²) in [4.78, 5) is 27.8. The zero-order chi connectivity index (χ0) is 14.0. The lowest BCUT2D eigenvalue weighted by molar-refractivity contribution is 0.218. The van der Waals surface area contributed by atoms with Crippen LogP contribution in [0.25, 0.3) is 0 Å². The Bertz CT molecular complexity index is 341. The van der Waals surface area contributed by atoms with Gasteiger partial charge in [-0.05, 0) is 12.1 Å². The molecule has 1 rings (SSSR count). The van der Waals surface area contributed by atoms with E-state index in [1.807, 2.05) is 18.2 Å². The van der Waals surface area contributed by atoms with Gasteiger partial charge in [-0.3, -0.25) is 4.98 Å². The number of hydrogen-bond donors (Lipinski definition) is 0. The van der Waals surface area contributed by atoms with Crippen molar-refractivity contribution in [3.05, 3.63) is 30.6 Å². The molecule has 0 atom stereocenters. The lowest BCUT2D eigenvalue weighted by Gasteiger charge is -2.05. The van der Waals surface area contributed by atoms with E-state index < -0.39 is 12.1 Å². The third kappa shape index (κ3) is 7.91. The standard InChI is InChI=1S/C6H12N4O2.C5H5N/c1-9(2)5(11)7-8-6(12)10(3)4;1-2-4-6-5-3-1/h1-4H3;1-5H. The Kier molecular flexibility index (Phi) is 7.67. The van der Waals surface area contributed by atoms with Gasteiger partial charge in [0, 0.05) is 40.6 Å². The molecule has 1 heterocycles. The van der Waals surface area contributed by atoms with E-state index in [0.29, 0.717) is 0 Å². The average Bonchev–Trinajstić information content (AvgIpc) is 2.38. The number of amides is 4. The summed E-state index contributed by atoms with van der Waals surface area (Å²) >= 11 is 0. The van der Waals surface area contributed by atoms with Gasteiger partial charge in [-0.2, -0.15) is 0 Å². The maximum Gasteiger partial charge on any atom is 0.361 e. The lowest BCUT2D eigenvalue weighted by atomic mass is 10.5. The van der Waals surface area contributed by atoms with Crippen LogP contribution >= 0.6 is 0 Å². The van der Waals surface area contributed by atoms with Gasteiger partial charge in [0.1, 0.15) is 0 Å². The molecule has 7 heteroatoms. The summed E-state index contributed by atoms with van der Waals surface area (Å²) in [5, 5.41) is 6.33. The molecule has 0 unspecified atom stereocenters. The summed E-state index contributed by atoms with van der Waals surface area (Å²) in [6, 6.07) is 4.61. The number of pyridine rings is 1. The number of hydrogen-bond acceptors (Lipinski definition) is 3. The van der Waals surface area contributed by atoms with E-state index in [0.717, 1.165) is 0 Å². The molecule has 4 amide bonds. The Balaban J connectivity index is 0.000000397. The Morgan fingerprint density at radius 3 is 1.39 bits per heavy atom. The Hall–Kier alpha value is -2.31. The van der Waals surface area contributed by atoms with Crippen LogP contribution in [0.15, 0.2) is 40.8 Å². The normalized spacial score (nSPS) is 9.33. The first kappa shape index (κ1) is 15.7. The second-order valence-electron chi connectivity index (χ2n) is 3.58. The molecular formula is C11H17N5O2. The van der Waals surface area contributed by atoms with Crippen molar-refractivity contribution in [3.8, 4) is 0 Å². The monoisotopic (exact) mass is 251 g/mol. The molecule has 7 nitrogen and oxygen atoms in total. The van der Waals surface area contributed by atoms with Crippen molar-refractivity contribution in [1.29, 1.82) is 0 Å². The average molecular weight is 251 g/mol. The number of carbonyl (C=O) groups is 2. The maximum atomic E-state index is 10.8. The summed E-state index contributed by atoms with van der Waals surface area (Å²) in [5.74, 6) is 0. The van der Waals surface area contributed by atoms with Crippen LogP contribution < -0.4 is 0 Å². The predicted octanol–water partition coefficient (Wildman–Crippen LogP) is 1.88. The van der Waals surface area contributed by atoms with E-state index in [9.17, 15) is 9.59 Å². The van der Waals surface area contributed by atoms with Gasteiger partial charge < -0.3 is 9.80 Å². The van der Waals surface area contributed by atoms with Crippen LogP contribution in [-0.2, 0) is 0 Å². The SMILES string of the molecule is CN(C)C(=O)N=NC(=O)N(C)C.c1ccncc1. The first-order chi connectivity index (χ1) is 8.45. The van der Waals surface area contributed by atoms with Crippen molar-refractivity contribution in [2.75, 3.05) is 28.2 Å². The minimum Gasteiger partial charge on any atom is -0.328 e. The van der Waals surface area contributed by atoms with Gasteiger partial charge >= 0.3 is 12.1 Å². The molecule has 98 valence electrons. The Morgan fingerprint density at radius 2 is 1.22 bits per heavy atom. The fraction of sp³-hybridized carbons (Fsp3) is 0.364. The summed E-state index contributed by atoms with van der Waals surface area (Å²) in [6.07, 6.45) is 3.50. The van der Waals surface area contributed by atoms with Gasteiger partial charge in [0.25, 0.3) is 0 Å². The fourth-order valence-electron chi connectivity index (χ4n) is 0.577. The zero-order valence-electron chi connectivity index (χ0n) is 10.9. The number of aromatic nitrogens is 1. The molecule has 0 saturated heterocycles. The van der Waals surface area contributed by atoms with E-state index in [4.69, 9.17) is 0 Å². The third-order valence-corrected chi connectivity index (χ3v) is 1.55. The number of urea groups is 2. The quantitative estimate of drug-likeness (QED) is 0.660.